The van der Waals surface area contributed by atoms with Gasteiger partial charge in [0.2, 0.25) is 0 Å². The Balaban J connectivity index is -0.000000180. The third kappa shape index (κ3) is 9.62. The van der Waals surface area contributed by atoms with Crippen LogP contribution < -0.4 is 69.1 Å². The van der Waals surface area contributed by atoms with E-state index < -0.39 is 13.3 Å². The number of carbonyl (C=O) groups is 1. The van der Waals surface area contributed by atoms with E-state index in [1.54, 1.807) is 0 Å². The summed E-state index contributed by atoms with van der Waals surface area (Å²) in [5, 5.41) is 9.08. The van der Waals surface area contributed by atoms with E-state index >= 15 is 0 Å². The minimum Gasteiger partial charge on any atom is -0.774 e. The van der Waals surface area contributed by atoms with Crippen molar-refractivity contribution in [3.8, 4) is 0 Å². The van der Waals surface area contributed by atoms with Gasteiger partial charge in [-0.05, 0) is 0 Å². The van der Waals surface area contributed by atoms with Gasteiger partial charge in [0.15, 0.2) is 7.60 Å². The third-order valence-electron chi connectivity index (χ3n) is 0.231. The molecule has 42 valence electrons. The van der Waals surface area contributed by atoms with Crippen molar-refractivity contribution in [1.29, 1.82) is 0 Å². The first kappa shape index (κ1) is 16.9. The van der Waals surface area contributed by atoms with Crippen molar-refractivity contribution in [3.63, 3.8) is 0 Å². The zero-order valence-corrected chi connectivity index (χ0v) is 9.92. The Morgan fingerprint density at radius 1 is 1.44 bits per heavy atom. The van der Waals surface area contributed by atoms with E-state index in [2.05, 4.69) is 0 Å². The largest absolute Gasteiger partial charge is 1.00 e. The van der Waals surface area contributed by atoms with Crippen LogP contribution in [0.15, 0.2) is 0 Å². The Kier molecular flexibility index (Phi) is 11.9. The summed E-state index contributed by atoms with van der Waals surface area (Å²) in [5.41, 5.74) is -2.45. The molecule has 0 aliphatic carbocycles. The number of carbonyl (C=O) groups excluding carboxylic acids is 1. The third-order valence-corrected chi connectivity index (χ3v) is 0.692. The standard InChI is InChI=1S/CH3O5P.2Na/c2-1(3)7(4,5)6;;/h(H,2,3)(H2,4,5,6);;/q;2*+1/p-2. The Bertz CT molecular complexity index is 127. The zero-order valence-electron chi connectivity index (χ0n) is 5.03. The maximum Gasteiger partial charge on any atom is 1.00 e. The molecule has 9 heavy (non-hydrogen) atoms. The molecule has 0 bridgehead atoms. The molecule has 0 aliphatic rings. The summed E-state index contributed by atoms with van der Waals surface area (Å²) < 4.78 is 9.25. The van der Waals surface area contributed by atoms with Gasteiger partial charge in [-0.25, -0.2) is 0 Å². The smallest absolute Gasteiger partial charge is 0.774 e. The van der Waals surface area contributed by atoms with Crippen molar-refractivity contribution in [1.82, 2.24) is 0 Å². The Labute approximate surface area is 95.6 Å². The Hall–Kier alpha value is 1.62. The van der Waals surface area contributed by atoms with E-state index in [0.29, 0.717) is 0 Å². The van der Waals surface area contributed by atoms with Crippen LogP contribution in [0.4, 0.5) is 4.79 Å². The minimum atomic E-state index is -5.18. The van der Waals surface area contributed by atoms with E-state index in [4.69, 9.17) is 14.8 Å². The summed E-state index contributed by atoms with van der Waals surface area (Å²) in [4.78, 5) is 25.8. The first-order valence-corrected chi connectivity index (χ1v) is 2.77. The van der Waals surface area contributed by atoms with Crippen molar-refractivity contribution in [3.05, 3.63) is 0 Å². The average Bonchev–Trinajstić information content (AvgIpc) is 1.31. The van der Waals surface area contributed by atoms with Gasteiger partial charge in [-0.15, -0.1) is 0 Å². The van der Waals surface area contributed by atoms with E-state index in [-0.39, 0.29) is 59.1 Å². The van der Waals surface area contributed by atoms with Gasteiger partial charge in [-0.2, -0.15) is 0 Å². The summed E-state index contributed by atoms with van der Waals surface area (Å²) >= 11 is 0. The minimum absolute atomic E-state index is 0. The van der Waals surface area contributed by atoms with Crippen molar-refractivity contribution < 1.29 is 83.4 Å². The molecule has 8 heteroatoms. The molecule has 0 rings (SSSR count). The number of carboxylic acid groups (broad SMARTS) is 1. The molecule has 0 saturated carbocycles. The van der Waals surface area contributed by atoms with Gasteiger partial charge in [-0.3, -0.25) is 0 Å². The molecule has 0 aromatic carbocycles. The SMILES string of the molecule is O=C([O-])P(=O)([O-])O.[Na+].[Na+]. The van der Waals surface area contributed by atoms with E-state index in [0.717, 1.165) is 0 Å². The number of hydrogen-bond acceptors (Lipinski definition) is 4. The topological polar surface area (TPSA) is 100 Å². The predicted octanol–water partition coefficient (Wildman–Crippen LogP) is -8.12. The van der Waals surface area contributed by atoms with Crippen LogP contribution in [0.25, 0.3) is 0 Å². The van der Waals surface area contributed by atoms with Crippen LogP contribution in [0.2, 0.25) is 0 Å². The van der Waals surface area contributed by atoms with Gasteiger partial charge in [0.05, 0.1) is 0 Å². The molecule has 0 fully saturated rings. The molecule has 1 atom stereocenters. The van der Waals surface area contributed by atoms with Crippen molar-refractivity contribution in [2.45, 2.75) is 0 Å². The van der Waals surface area contributed by atoms with Crippen molar-refractivity contribution in [2.24, 2.45) is 0 Å². The molecular formula is CHNa2O5P. The second kappa shape index (κ2) is 6.34. The van der Waals surface area contributed by atoms with Crippen molar-refractivity contribution in [2.75, 3.05) is 0 Å². The van der Waals surface area contributed by atoms with Gasteiger partial charge in [0, 0.05) is 0 Å². The maximum absolute atomic E-state index is 9.25. The van der Waals surface area contributed by atoms with Crippen LogP contribution in [-0.4, -0.2) is 10.6 Å². The second-order valence-electron chi connectivity index (χ2n) is 0.786. The number of hydrogen-bond donors (Lipinski definition) is 1. The van der Waals surface area contributed by atoms with Gasteiger partial charge in [-0.1, -0.05) is 0 Å². The van der Waals surface area contributed by atoms with Crippen LogP contribution in [0.5, 0.6) is 0 Å². The fraction of sp³-hybridized carbons (Fsp3) is 0. The summed E-state index contributed by atoms with van der Waals surface area (Å²) in [7, 11) is -5.18. The van der Waals surface area contributed by atoms with Gasteiger partial charge in [0.1, 0.15) is 5.71 Å². The molecule has 5 nitrogen and oxygen atoms in total. The summed E-state index contributed by atoms with van der Waals surface area (Å²) in [6.07, 6.45) is 0. The van der Waals surface area contributed by atoms with Crippen LogP contribution in [0, 0.1) is 0 Å². The van der Waals surface area contributed by atoms with Gasteiger partial charge < -0.3 is 24.3 Å². The van der Waals surface area contributed by atoms with Crippen LogP contribution >= 0.6 is 7.60 Å². The van der Waals surface area contributed by atoms with Crippen LogP contribution in [0.3, 0.4) is 0 Å². The molecule has 0 saturated heterocycles. The molecule has 0 heterocycles. The molecular weight excluding hydrogens is 169 g/mol. The molecule has 0 aromatic heterocycles. The fourth-order valence-electron chi connectivity index (χ4n) is 0. The average molecular weight is 170 g/mol. The van der Waals surface area contributed by atoms with Gasteiger partial charge in [0.25, 0.3) is 0 Å². The fourth-order valence-corrected chi connectivity index (χ4v) is 0. The van der Waals surface area contributed by atoms with E-state index in [1.165, 1.54) is 0 Å². The molecule has 1 unspecified atom stereocenters. The first-order valence-electron chi connectivity index (χ1n) is 1.20. The zero-order chi connectivity index (χ0) is 6.08. The molecule has 0 amide bonds. The van der Waals surface area contributed by atoms with Crippen LogP contribution in [-0.2, 0) is 4.57 Å². The molecule has 0 aromatic rings. The normalized spacial score (nSPS) is 14.0. The molecule has 0 aliphatic heterocycles. The summed E-state index contributed by atoms with van der Waals surface area (Å²) in [5.74, 6) is 0. The summed E-state index contributed by atoms with van der Waals surface area (Å²) in [6.45, 7) is 0. The van der Waals surface area contributed by atoms with E-state index in [1.807, 2.05) is 0 Å². The van der Waals surface area contributed by atoms with Crippen LogP contribution in [0.1, 0.15) is 0 Å². The summed E-state index contributed by atoms with van der Waals surface area (Å²) in [6, 6.07) is 0. The first-order chi connectivity index (χ1) is 2.94. The quantitative estimate of drug-likeness (QED) is 0.311. The monoisotopic (exact) mass is 170 g/mol. The van der Waals surface area contributed by atoms with Gasteiger partial charge >= 0.3 is 59.1 Å². The van der Waals surface area contributed by atoms with E-state index in [9.17, 15) is 9.46 Å². The Morgan fingerprint density at radius 3 is 1.56 bits per heavy atom. The molecule has 1 N–H and O–H groups in total. The van der Waals surface area contributed by atoms with Crippen molar-refractivity contribution >= 4 is 13.3 Å². The molecule has 0 spiro atoms. The second-order valence-corrected chi connectivity index (χ2v) is 2.19. The predicted molar refractivity (Wildman–Crippen MR) is 15.2 cm³/mol. The Morgan fingerprint density at radius 2 is 1.56 bits per heavy atom. The molecule has 0 radical (unpaired) electrons. The number of rotatable bonds is 1. The maximum atomic E-state index is 9.25.